The van der Waals surface area contributed by atoms with Gasteiger partial charge in [0.2, 0.25) is 5.88 Å². The summed E-state index contributed by atoms with van der Waals surface area (Å²) in [4.78, 5) is 10.5. The highest BCUT2D eigenvalue weighted by atomic mass is 16.5. The number of aromatic nitrogens is 2. The predicted molar refractivity (Wildman–Crippen MR) is 71.8 cm³/mol. The van der Waals surface area contributed by atoms with Crippen LogP contribution in [0.25, 0.3) is 0 Å². The van der Waals surface area contributed by atoms with E-state index in [0.717, 1.165) is 25.9 Å². The number of nitrogens with zero attached hydrogens (tertiary/aromatic N) is 3. The number of nitrogens with two attached hydrogens (primary N) is 1. The molecule has 1 atom stereocenters. The Balaban J connectivity index is 2.03. The van der Waals surface area contributed by atoms with Crippen LogP contribution in [0.2, 0.25) is 0 Å². The Kier molecular flexibility index (Phi) is 4.19. The van der Waals surface area contributed by atoms with Gasteiger partial charge < -0.3 is 20.7 Å². The average Bonchev–Trinajstić information content (AvgIpc) is 2.76. The Bertz CT molecular complexity index is 398. The maximum atomic E-state index is 6.01. The minimum atomic E-state index is 0.395. The molecule has 1 aromatic heterocycles. The van der Waals surface area contributed by atoms with Gasteiger partial charge >= 0.3 is 0 Å². The van der Waals surface area contributed by atoms with E-state index in [1.807, 2.05) is 6.92 Å². The van der Waals surface area contributed by atoms with Crippen molar-refractivity contribution in [3.05, 3.63) is 6.33 Å². The minimum absolute atomic E-state index is 0.395. The van der Waals surface area contributed by atoms with Crippen molar-refractivity contribution in [2.75, 3.05) is 37.8 Å². The van der Waals surface area contributed by atoms with Crippen LogP contribution < -0.4 is 15.8 Å². The highest BCUT2D eigenvalue weighted by Crippen LogP contribution is 2.26. The van der Waals surface area contributed by atoms with E-state index in [1.165, 1.54) is 6.33 Å². The largest absolute Gasteiger partial charge is 0.476 e. The number of hydrogen-bond donors (Lipinski definition) is 2. The standard InChI is InChI=1S/C12H21N5O/c1-3-6-18-12-10(13)11(14-8-15-12)16-9-4-5-17(2)7-9/h8-9H,3-7,13H2,1-2H3,(H,14,15,16). The van der Waals surface area contributed by atoms with Crippen molar-refractivity contribution in [2.24, 2.45) is 0 Å². The van der Waals surface area contributed by atoms with Crippen molar-refractivity contribution < 1.29 is 4.74 Å². The first-order chi connectivity index (χ1) is 8.70. The number of nitrogens with one attached hydrogen (secondary N) is 1. The summed E-state index contributed by atoms with van der Waals surface area (Å²) in [6.07, 6.45) is 3.52. The summed E-state index contributed by atoms with van der Waals surface area (Å²) in [6.45, 7) is 4.77. The van der Waals surface area contributed by atoms with Crippen LogP contribution in [-0.4, -0.2) is 47.7 Å². The summed E-state index contributed by atoms with van der Waals surface area (Å²) < 4.78 is 5.49. The van der Waals surface area contributed by atoms with Gasteiger partial charge in [0, 0.05) is 12.6 Å². The van der Waals surface area contributed by atoms with Crippen LogP contribution in [0.4, 0.5) is 11.5 Å². The van der Waals surface area contributed by atoms with Gasteiger partial charge in [0.15, 0.2) is 5.82 Å². The smallest absolute Gasteiger partial charge is 0.242 e. The molecule has 1 aromatic rings. The molecule has 1 fully saturated rings. The van der Waals surface area contributed by atoms with Gasteiger partial charge in [-0.1, -0.05) is 6.92 Å². The second kappa shape index (κ2) is 5.86. The van der Waals surface area contributed by atoms with Gasteiger partial charge in [-0.3, -0.25) is 0 Å². The Morgan fingerprint density at radius 1 is 1.56 bits per heavy atom. The van der Waals surface area contributed by atoms with Gasteiger partial charge in [-0.2, -0.15) is 4.98 Å². The summed E-state index contributed by atoms with van der Waals surface area (Å²) in [7, 11) is 2.11. The highest BCUT2D eigenvalue weighted by Gasteiger charge is 2.21. The zero-order valence-electron chi connectivity index (χ0n) is 11.0. The molecule has 0 spiro atoms. The third kappa shape index (κ3) is 3.01. The molecule has 2 heterocycles. The van der Waals surface area contributed by atoms with E-state index in [9.17, 15) is 0 Å². The maximum absolute atomic E-state index is 6.01. The second-order valence-electron chi connectivity index (χ2n) is 4.68. The average molecular weight is 251 g/mol. The summed E-state index contributed by atoms with van der Waals surface area (Å²) in [5.41, 5.74) is 6.51. The summed E-state index contributed by atoms with van der Waals surface area (Å²) in [6, 6.07) is 0.395. The number of likely N-dealkylation sites (tertiary alicyclic amines) is 1. The van der Waals surface area contributed by atoms with Crippen molar-refractivity contribution in [3.63, 3.8) is 0 Å². The fourth-order valence-electron chi connectivity index (χ4n) is 2.05. The van der Waals surface area contributed by atoms with Crippen LogP contribution in [0.3, 0.4) is 0 Å². The van der Waals surface area contributed by atoms with Gasteiger partial charge in [0.25, 0.3) is 0 Å². The molecule has 6 heteroatoms. The zero-order chi connectivity index (χ0) is 13.0. The van der Waals surface area contributed by atoms with Crippen LogP contribution in [-0.2, 0) is 0 Å². The summed E-state index contributed by atoms with van der Waals surface area (Å²) in [5.74, 6) is 1.15. The molecule has 0 amide bonds. The zero-order valence-corrected chi connectivity index (χ0v) is 11.0. The monoisotopic (exact) mass is 251 g/mol. The van der Waals surface area contributed by atoms with E-state index in [1.54, 1.807) is 0 Å². The molecule has 1 aliphatic rings. The first-order valence-electron chi connectivity index (χ1n) is 6.39. The second-order valence-corrected chi connectivity index (χ2v) is 4.68. The first kappa shape index (κ1) is 12.9. The van der Waals surface area contributed by atoms with Crippen molar-refractivity contribution in [3.8, 4) is 5.88 Å². The molecule has 6 nitrogen and oxygen atoms in total. The van der Waals surface area contributed by atoms with E-state index in [0.29, 0.717) is 30.0 Å². The van der Waals surface area contributed by atoms with E-state index in [-0.39, 0.29) is 0 Å². The number of hydrogen-bond acceptors (Lipinski definition) is 6. The summed E-state index contributed by atoms with van der Waals surface area (Å²) in [5, 5.41) is 3.36. The van der Waals surface area contributed by atoms with Gasteiger partial charge in [-0.05, 0) is 26.4 Å². The lowest BCUT2D eigenvalue weighted by molar-refractivity contribution is 0.306. The molecule has 100 valence electrons. The number of anilines is 2. The number of ether oxygens (including phenoxy) is 1. The van der Waals surface area contributed by atoms with Crippen molar-refractivity contribution in [2.45, 2.75) is 25.8 Å². The fraction of sp³-hybridized carbons (Fsp3) is 0.667. The Morgan fingerprint density at radius 2 is 2.39 bits per heavy atom. The van der Waals surface area contributed by atoms with Crippen molar-refractivity contribution in [1.29, 1.82) is 0 Å². The first-order valence-corrected chi connectivity index (χ1v) is 6.39. The molecule has 0 saturated carbocycles. The van der Waals surface area contributed by atoms with Crippen LogP contribution in [0, 0.1) is 0 Å². The maximum Gasteiger partial charge on any atom is 0.242 e. The normalized spacial score (nSPS) is 20.0. The number of nitrogen functional groups attached to an aromatic ring is 1. The Hall–Kier alpha value is -1.56. The van der Waals surface area contributed by atoms with E-state index in [2.05, 4.69) is 27.2 Å². The number of likely N-dealkylation sites (N-methyl/N-ethyl adjacent to an activating group) is 1. The molecule has 18 heavy (non-hydrogen) atoms. The molecule has 3 N–H and O–H groups in total. The molecule has 1 saturated heterocycles. The van der Waals surface area contributed by atoms with Crippen molar-refractivity contribution >= 4 is 11.5 Å². The van der Waals surface area contributed by atoms with Crippen molar-refractivity contribution in [1.82, 2.24) is 14.9 Å². The van der Waals surface area contributed by atoms with Gasteiger partial charge in [0.1, 0.15) is 12.0 Å². The van der Waals surface area contributed by atoms with E-state index in [4.69, 9.17) is 10.5 Å². The third-order valence-electron chi connectivity index (χ3n) is 3.02. The molecule has 0 aliphatic carbocycles. The molecule has 1 unspecified atom stereocenters. The Morgan fingerprint density at radius 3 is 3.06 bits per heavy atom. The van der Waals surface area contributed by atoms with Gasteiger partial charge in [-0.25, -0.2) is 4.98 Å². The van der Waals surface area contributed by atoms with Crippen LogP contribution in [0.5, 0.6) is 5.88 Å². The molecule has 0 bridgehead atoms. The topological polar surface area (TPSA) is 76.3 Å². The van der Waals surface area contributed by atoms with Crippen LogP contribution in [0.1, 0.15) is 19.8 Å². The highest BCUT2D eigenvalue weighted by molar-refractivity contribution is 5.66. The lowest BCUT2D eigenvalue weighted by atomic mass is 10.2. The molecule has 2 rings (SSSR count). The number of rotatable bonds is 5. The Labute approximate surface area is 108 Å². The molecular formula is C12H21N5O. The molecular weight excluding hydrogens is 230 g/mol. The van der Waals surface area contributed by atoms with Gasteiger partial charge in [0.05, 0.1) is 6.61 Å². The van der Waals surface area contributed by atoms with Crippen LogP contribution >= 0.6 is 0 Å². The lowest BCUT2D eigenvalue weighted by Crippen LogP contribution is -2.24. The lowest BCUT2D eigenvalue weighted by Gasteiger charge is -2.16. The quantitative estimate of drug-likeness (QED) is 0.812. The van der Waals surface area contributed by atoms with E-state index >= 15 is 0 Å². The molecule has 0 radical (unpaired) electrons. The third-order valence-corrected chi connectivity index (χ3v) is 3.02. The fourth-order valence-corrected chi connectivity index (χ4v) is 2.05. The minimum Gasteiger partial charge on any atom is -0.476 e. The van der Waals surface area contributed by atoms with Crippen LogP contribution in [0.15, 0.2) is 6.33 Å². The van der Waals surface area contributed by atoms with E-state index < -0.39 is 0 Å². The van der Waals surface area contributed by atoms with Gasteiger partial charge in [-0.15, -0.1) is 0 Å². The molecule has 1 aliphatic heterocycles. The summed E-state index contributed by atoms with van der Waals surface area (Å²) >= 11 is 0. The SMILES string of the molecule is CCCOc1ncnc(NC2CCN(C)C2)c1N. The predicted octanol–water partition coefficient (Wildman–Crippen LogP) is 0.964. The molecule has 0 aromatic carbocycles.